The lowest BCUT2D eigenvalue weighted by Crippen LogP contribution is -2.46. The van der Waals surface area contributed by atoms with Crippen LogP contribution in [-0.2, 0) is 11.3 Å². The monoisotopic (exact) mass is 574 g/mol. The van der Waals surface area contributed by atoms with E-state index in [1.807, 2.05) is 36.7 Å². The minimum Gasteiger partial charge on any atom is -0.491 e. The molecule has 1 aliphatic rings. The number of likely N-dealkylation sites (N-methyl/N-ethyl adjacent to an activating group) is 1. The van der Waals surface area contributed by atoms with Crippen LogP contribution in [0.5, 0.6) is 5.75 Å². The third-order valence-electron chi connectivity index (χ3n) is 7.32. The molecular weight excluding hydrogens is 540 g/mol. The van der Waals surface area contributed by atoms with Crippen molar-refractivity contribution in [2.75, 3.05) is 39.2 Å². The molecule has 214 valence electrons. The first-order chi connectivity index (χ1) is 19.8. The van der Waals surface area contributed by atoms with Crippen molar-refractivity contribution in [2.45, 2.75) is 32.5 Å². The van der Waals surface area contributed by atoms with Crippen LogP contribution in [-0.4, -0.2) is 82.6 Å². The summed E-state index contributed by atoms with van der Waals surface area (Å²) in [7, 11) is 3.43. The average molecular weight is 575 g/mol. The number of benzene rings is 2. The van der Waals surface area contributed by atoms with Gasteiger partial charge in [0.15, 0.2) is 5.01 Å². The zero-order chi connectivity index (χ0) is 28.9. The number of ether oxygens (including phenoxy) is 2. The van der Waals surface area contributed by atoms with Gasteiger partial charge in [0.05, 0.1) is 21.9 Å². The Morgan fingerprint density at radius 2 is 1.93 bits per heavy atom. The van der Waals surface area contributed by atoms with Crippen LogP contribution in [0.2, 0.25) is 0 Å². The van der Waals surface area contributed by atoms with Crippen molar-refractivity contribution in [3.8, 4) is 5.75 Å². The second-order valence-corrected chi connectivity index (χ2v) is 11.5. The number of aromatic nitrogens is 3. The van der Waals surface area contributed by atoms with E-state index in [2.05, 4.69) is 39.0 Å². The smallest absolute Gasteiger partial charge is 0.284 e. The highest BCUT2D eigenvalue weighted by atomic mass is 32.1. The highest BCUT2D eigenvalue weighted by Crippen LogP contribution is 2.28. The van der Waals surface area contributed by atoms with Crippen molar-refractivity contribution >= 4 is 39.1 Å². The molecule has 0 fully saturated rings. The maximum Gasteiger partial charge on any atom is 0.284 e. The Balaban J connectivity index is 1.41. The van der Waals surface area contributed by atoms with Gasteiger partial charge in [-0.3, -0.25) is 14.5 Å². The number of nitrogens with zero attached hydrogens (tertiary/aromatic N) is 5. The lowest BCUT2D eigenvalue weighted by Gasteiger charge is -2.36. The molecule has 2 amide bonds. The number of anilines is 1. The summed E-state index contributed by atoms with van der Waals surface area (Å²) in [6, 6.07) is 12.8. The van der Waals surface area contributed by atoms with Crippen LogP contribution in [0.15, 0.2) is 61.2 Å². The third-order valence-corrected chi connectivity index (χ3v) is 8.35. The maximum atomic E-state index is 13.7. The van der Waals surface area contributed by atoms with Gasteiger partial charge in [0, 0.05) is 63.5 Å². The Bertz CT molecular complexity index is 1480. The van der Waals surface area contributed by atoms with Crippen LogP contribution in [0.1, 0.15) is 39.6 Å². The molecule has 0 spiro atoms. The normalized spacial score (nSPS) is 20.5. The number of para-hydroxylation sites is 1. The maximum absolute atomic E-state index is 13.7. The first-order valence-corrected chi connectivity index (χ1v) is 14.3. The van der Waals surface area contributed by atoms with Crippen LogP contribution < -0.4 is 10.1 Å². The predicted octanol–water partition coefficient (Wildman–Crippen LogP) is 4.34. The summed E-state index contributed by atoms with van der Waals surface area (Å²) < 4.78 is 13.1. The number of thiazole rings is 1. The third kappa shape index (κ3) is 6.70. The molecule has 41 heavy (non-hydrogen) atoms. The molecule has 11 heteroatoms. The van der Waals surface area contributed by atoms with E-state index < -0.39 is 0 Å². The van der Waals surface area contributed by atoms with Gasteiger partial charge >= 0.3 is 0 Å². The van der Waals surface area contributed by atoms with Crippen molar-refractivity contribution in [3.63, 3.8) is 0 Å². The van der Waals surface area contributed by atoms with Gasteiger partial charge in [-0.25, -0.2) is 15.0 Å². The molecule has 0 saturated carbocycles. The number of carbonyl (C=O) groups excluding carboxylic acids is 2. The van der Waals surface area contributed by atoms with Gasteiger partial charge < -0.3 is 19.7 Å². The van der Waals surface area contributed by atoms with Crippen molar-refractivity contribution in [1.29, 1.82) is 0 Å². The standard InChI is InChI=1S/C30H34N6O4S/c1-19-14-36(15-21-12-31-18-32-13-21)20(2)17-40-25-10-9-22(11-23(25)30(38)35(3)16-26(19)39-4)33-28(37)29-34-24-7-5-6-8-27(24)41-29/h5-13,18-20,26H,14-17H2,1-4H3,(H,33,37)/t19-,20-,26+/m1/s1. The number of fused-ring (bicyclic) bond motifs is 2. The summed E-state index contributed by atoms with van der Waals surface area (Å²) in [5, 5.41) is 3.25. The molecule has 5 rings (SSSR count). The van der Waals surface area contributed by atoms with Crippen molar-refractivity contribution in [2.24, 2.45) is 5.92 Å². The number of nitrogens with one attached hydrogen (secondary N) is 1. The summed E-state index contributed by atoms with van der Waals surface area (Å²) in [6.45, 7) is 6.39. The first-order valence-electron chi connectivity index (χ1n) is 13.5. The van der Waals surface area contributed by atoms with Gasteiger partial charge in [0.2, 0.25) is 0 Å². The molecular formula is C30H34N6O4S. The minimum absolute atomic E-state index is 0.0219. The Morgan fingerprint density at radius 3 is 2.68 bits per heavy atom. The number of methoxy groups -OCH3 is 1. The lowest BCUT2D eigenvalue weighted by atomic mass is 10.0. The second-order valence-electron chi connectivity index (χ2n) is 10.4. The molecule has 4 aromatic rings. The second kappa shape index (κ2) is 12.7. The fraction of sp³-hybridized carbons (Fsp3) is 0.367. The number of carbonyl (C=O) groups is 2. The Hall–Kier alpha value is -3.93. The van der Waals surface area contributed by atoms with Gasteiger partial charge in [0.25, 0.3) is 11.8 Å². The van der Waals surface area contributed by atoms with Crippen LogP contribution in [0.4, 0.5) is 5.69 Å². The largest absolute Gasteiger partial charge is 0.491 e. The zero-order valence-electron chi connectivity index (χ0n) is 23.6. The van der Waals surface area contributed by atoms with Gasteiger partial charge in [0.1, 0.15) is 18.7 Å². The van der Waals surface area contributed by atoms with Crippen LogP contribution in [0.25, 0.3) is 10.2 Å². The molecule has 2 aromatic heterocycles. The lowest BCUT2D eigenvalue weighted by molar-refractivity contribution is 0.00918. The van der Waals surface area contributed by atoms with Crippen LogP contribution >= 0.6 is 11.3 Å². The van der Waals surface area contributed by atoms with Gasteiger partial charge in [-0.15, -0.1) is 11.3 Å². The van der Waals surface area contributed by atoms with E-state index in [9.17, 15) is 9.59 Å². The van der Waals surface area contributed by atoms with E-state index in [0.717, 1.165) is 22.3 Å². The highest BCUT2D eigenvalue weighted by Gasteiger charge is 2.29. The molecule has 10 nitrogen and oxygen atoms in total. The number of rotatable bonds is 5. The minimum atomic E-state index is -0.330. The van der Waals surface area contributed by atoms with E-state index in [4.69, 9.17) is 9.47 Å². The fourth-order valence-electron chi connectivity index (χ4n) is 4.95. The summed E-state index contributed by atoms with van der Waals surface area (Å²) in [4.78, 5) is 43.4. The van der Waals surface area contributed by atoms with Gasteiger partial charge in [-0.1, -0.05) is 19.1 Å². The number of hydrogen-bond acceptors (Lipinski definition) is 9. The Labute approximate surface area is 243 Å². The molecule has 1 N–H and O–H groups in total. The Morgan fingerprint density at radius 1 is 1.15 bits per heavy atom. The van der Waals surface area contributed by atoms with E-state index in [0.29, 0.717) is 41.7 Å². The SMILES string of the molecule is CO[C@H]1CN(C)C(=O)c2cc(NC(=O)c3nc4ccccc4s3)ccc2OC[C@@H](C)N(Cc2cncnc2)C[C@H]1C. The fourth-order valence-corrected chi connectivity index (χ4v) is 5.81. The highest BCUT2D eigenvalue weighted by molar-refractivity contribution is 7.20. The quantitative estimate of drug-likeness (QED) is 0.375. The zero-order valence-corrected chi connectivity index (χ0v) is 24.4. The first kappa shape index (κ1) is 28.6. The van der Waals surface area contributed by atoms with E-state index in [1.54, 1.807) is 37.3 Å². The van der Waals surface area contributed by atoms with Gasteiger partial charge in [-0.05, 0) is 43.2 Å². The molecule has 3 atom stereocenters. The molecule has 3 heterocycles. The van der Waals surface area contributed by atoms with Crippen molar-refractivity contribution in [3.05, 3.63) is 77.3 Å². The topological polar surface area (TPSA) is 110 Å². The van der Waals surface area contributed by atoms with Crippen molar-refractivity contribution < 1.29 is 19.1 Å². The molecule has 0 saturated heterocycles. The summed E-state index contributed by atoms with van der Waals surface area (Å²) in [6.07, 6.45) is 4.98. The van der Waals surface area contributed by atoms with E-state index in [-0.39, 0.29) is 29.9 Å². The summed E-state index contributed by atoms with van der Waals surface area (Å²) in [5.74, 6) is 0.0400. The molecule has 0 bridgehead atoms. The average Bonchev–Trinajstić information content (AvgIpc) is 3.43. The van der Waals surface area contributed by atoms with Crippen LogP contribution in [0, 0.1) is 5.92 Å². The predicted molar refractivity (Wildman–Crippen MR) is 158 cm³/mol. The van der Waals surface area contributed by atoms with Crippen LogP contribution in [0.3, 0.4) is 0 Å². The molecule has 1 aliphatic heterocycles. The summed E-state index contributed by atoms with van der Waals surface area (Å²) in [5.41, 5.74) is 2.64. The van der Waals surface area contributed by atoms with Gasteiger partial charge in [-0.2, -0.15) is 0 Å². The molecule has 0 unspecified atom stereocenters. The summed E-state index contributed by atoms with van der Waals surface area (Å²) >= 11 is 1.32. The molecule has 2 aromatic carbocycles. The molecule has 0 aliphatic carbocycles. The van der Waals surface area contributed by atoms with E-state index >= 15 is 0 Å². The van der Waals surface area contributed by atoms with E-state index in [1.165, 1.54) is 17.7 Å². The number of hydrogen-bond donors (Lipinski definition) is 1. The molecule has 0 radical (unpaired) electrons. The van der Waals surface area contributed by atoms with Crippen molar-refractivity contribution in [1.82, 2.24) is 24.8 Å². The Kier molecular flexibility index (Phi) is 8.87. The number of amides is 2.